The molecule has 2 aromatic carbocycles. The third kappa shape index (κ3) is 1.54. The van der Waals surface area contributed by atoms with E-state index in [2.05, 4.69) is 9.97 Å². The highest BCUT2D eigenvalue weighted by Gasteiger charge is 2.05. The number of fused-ring (bicyclic) bond motifs is 2. The zero-order valence-electron chi connectivity index (χ0n) is 8.58. The summed E-state index contributed by atoms with van der Waals surface area (Å²) in [6.07, 6.45) is 0. The van der Waals surface area contributed by atoms with Crippen LogP contribution in [0.3, 0.4) is 0 Å². The molecule has 0 fully saturated rings. The summed E-state index contributed by atoms with van der Waals surface area (Å²) in [5, 5.41) is 2.67. The van der Waals surface area contributed by atoms with Crippen LogP contribution in [0.1, 0.15) is 0 Å². The van der Waals surface area contributed by atoms with E-state index in [1.807, 2.05) is 12.1 Å². The Kier molecular flexibility index (Phi) is 2.06. The number of nitrogens with one attached hydrogen (secondary N) is 2. The van der Waals surface area contributed by atoms with E-state index in [-0.39, 0.29) is 0 Å². The minimum Gasteiger partial charge on any atom is -0.307 e. The minimum absolute atomic E-state index is 0.412. The smallest absolute Gasteiger partial charge is 0.307 e. The van der Waals surface area contributed by atoms with Crippen LogP contribution in [0.15, 0.2) is 39.9 Å². The minimum atomic E-state index is -0.510. The van der Waals surface area contributed by atoms with E-state index in [0.29, 0.717) is 15.9 Å². The number of H-pyrrole nitrogens is 2. The number of aromatic nitrogens is 2. The van der Waals surface area contributed by atoms with Crippen LogP contribution in [0.5, 0.6) is 0 Å². The van der Waals surface area contributed by atoms with Crippen molar-refractivity contribution in [3.05, 3.63) is 56.2 Å². The van der Waals surface area contributed by atoms with Gasteiger partial charge < -0.3 is 4.98 Å². The fourth-order valence-electron chi connectivity index (χ4n) is 1.90. The number of hydrogen-bond donors (Lipinski definition) is 2. The molecular formula is C12H7ClN2O2. The Morgan fingerprint density at radius 3 is 2.65 bits per heavy atom. The van der Waals surface area contributed by atoms with Gasteiger partial charge in [0, 0.05) is 10.4 Å². The molecule has 3 aromatic rings. The fraction of sp³-hybridized carbons (Fsp3) is 0. The zero-order valence-corrected chi connectivity index (χ0v) is 9.34. The lowest BCUT2D eigenvalue weighted by molar-refractivity contribution is 1.08. The summed E-state index contributed by atoms with van der Waals surface area (Å²) in [6, 6.07) is 8.88. The average molecular weight is 247 g/mol. The maximum absolute atomic E-state index is 11.6. The standard InChI is InChI=1S/C12H7ClN2O2/c13-9-3-1-2-6-4-10-8(5-7(6)9)11(16)15-12(17)14-10/h1-5H,(H2,14,15,16,17). The average Bonchev–Trinajstić information content (AvgIpc) is 2.27. The highest BCUT2D eigenvalue weighted by molar-refractivity contribution is 6.35. The van der Waals surface area contributed by atoms with Crippen molar-refractivity contribution in [2.45, 2.75) is 0 Å². The van der Waals surface area contributed by atoms with Gasteiger partial charge in [0.15, 0.2) is 0 Å². The second kappa shape index (κ2) is 3.46. The van der Waals surface area contributed by atoms with Crippen molar-refractivity contribution >= 4 is 33.3 Å². The summed E-state index contributed by atoms with van der Waals surface area (Å²) in [6.45, 7) is 0. The van der Waals surface area contributed by atoms with Gasteiger partial charge in [-0.1, -0.05) is 23.7 Å². The van der Waals surface area contributed by atoms with Gasteiger partial charge in [-0.2, -0.15) is 0 Å². The molecular weight excluding hydrogens is 240 g/mol. The molecule has 0 atom stereocenters. The van der Waals surface area contributed by atoms with Crippen molar-refractivity contribution in [1.29, 1.82) is 0 Å². The normalized spacial score (nSPS) is 11.1. The maximum Gasteiger partial charge on any atom is 0.326 e. The molecule has 17 heavy (non-hydrogen) atoms. The van der Waals surface area contributed by atoms with E-state index in [9.17, 15) is 9.59 Å². The van der Waals surface area contributed by atoms with Crippen molar-refractivity contribution < 1.29 is 0 Å². The molecule has 0 saturated carbocycles. The predicted molar refractivity (Wildman–Crippen MR) is 67.7 cm³/mol. The van der Waals surface area contributed by atoms with Crippen molar-refractivity contribution in [1.82, 2.24) is 9.97 Å². The highest BCUT2D eigenvalue weighted by atomic mass is 35.5. The van der Waals surface area contributed by atoms with Crippen molar-refractivity contribution in [2.24, 2.45) is 0 Å². The summed E-state index contributed by atoms with van der Waals surface area (Å²) < 4.78 is 0. The van der Waals surface area contributed by atoms with Crippen LogP contribution in [-0.4, -0.2) is 9.97 Å². The molecule has 84 valence electrons. The molecule has 1 heterocycles. The molecule has 3 rings (SSSR count). The van der Waals surface area contributed by atoms with Gasteiger partial charge in [-0.3, -0.25) is 9.78 Å². The van der Waals surface area contributed by atoms with E-state index in [0.717, 1.165) is 10.8 Å². The Morgan fingerprint density at radius 1 is 1.00 bits per heavy atom. The number of benzene rings is 2. The molecule has 0 aliphatic heterocycles. The predicted octanol–water partition coefficient (Wildman–Crippen LogP) is 2.02. The molecule has 0 spiro atoms. The Bertz CT molecular complexity index is 848. The third-order valence-corrected chi connectivity index (χ3v) is 3.01. The van der Waals surface area contributed by atoms with Gasteiger partial charge in [0.1, 0.15) is 0 Å². The van der Waals surface area contributed by atoms with Crippen LogP contribution in [0, 0.1) is 0 Å². The van der Waals surface area contributed by atoms with E-state index in [1.54, 1.807) is 18.2 Å². The van der Waals surface area contributed by atoms with Crippen LogP contribution in [0.4, 0.5) is 0 Å². The van der Waals surface area contributed by atoms with Crippen LogP contribution >= 0.6 is 11.6 Å². The monoisotopic (exact) mass is 246 g/mol. The molecule has 0 bridgehead atoms. The molecule has 5 heteroatoms. The molecule has 0 saturated heterocycles. The van der Waals surface area contributed by atoms with Gasteiger partial charge in [-0.05, 0) is 23.6 Å². The largest absolute Gasteiger partial charge is 0.326 e. The van der Waals surface area contributed by atoms with Crippen LogP contribution in [0.2, 0.25) is 5.02 Å². The van der Waals surface area contributed by atoms with Gasteiger partial charge in [-0.15, -0.1) is 0 Å². The number of hydrogen-bond acceptors (Lipinski definition) is 2. The second-order valence-corrected chi connectivity index (χ2v) is 4.17. The van der Waals surface area contributed by atoms with E-state index in [4.69, 9.17) is 11.6 Å². The molecule has 1 aromatic heterocycles. The lowest BCUT2D eigenvalue weighted by Gasteiger charge is -2.02. The topological polar surface area (TPSA) is 65.7 Å². The van der Waals surface area contributed by atoms with E-state index >= 15 is 0 Å². The first-order chi connectivity index (χ1) is 8.15. The Morgan fingerprint density at radius 2 is 1.82 bits per heavy atom. The summed E-state index contributed by atoms with van der Waals surface area (Å²) >= 11 is 6.06. The molecule has 0 amide bonds. The quantitative estimate of drug-likeness (QED) is 0.596. The first-order valence-corrected chi connectivity index (χ1v) is 5.37. The second-order valence-electron chi connectivity index (χ2n) is 3.77. The van der Waals surface area contributed by atoms with Gasteiger partial charge in [-0.25, -0.2) is 4.79 Å². The SMILES string of the molecule is O=c1[nH]c(=O)c2cc3c(Cl)cccc3cc2[nH]1. The molecule has 0 aliphatic rings. The molecule has 0 unspecified atom stereocenters. The summed E-state index contributed by atoms with van der Waals surface area (Å²) in [7, 11) is 0. The first-order valence-electron chi connectivity index (χ1n) is 5.00. The lowest BCUT2D eigenvalue weighted by atomic mass is 10.1. The Balaban J connectivity index is 2.62. The van der Waals surface area contributed by atoms with Crippen LogP contribution < -0.4 is 11.2 Å². The first kappa shape index (κ1) is 10.1. The zero-order chi connectivity index (χ0) is 12.0. The fourth-order valence-corrected chi connectivity index (χ4v) is 2.14. The summed E-state index contributed by atoms with van der Waals surface area (Å²) in [5.74, 6) is 0. The molecule has 0 aliphatic carbocycles. The summed E-state index contributed by atoms with van der Waals surface area (Å²) in [5.41, 5.74) is -0.414. The molecule has 4 nitrogen and oxygen atoms in total. The third-order valence-electron chi connectivity index (χ3n) is 2.69. The van der Waals surface area contributed by atoms with Gasteiger partial charge in [0.2, 0.25) is 0 Å². The Hall–Kier alpha value is -2.07. The summed E-state index contributed by atoms with van der Waals surface area (Å²) in [4.78, 5) is 27.6. The van der Waals surface area contributed by atoms with Crippen molar-refractivity contribution in [3.63, 3.8) is 0 Å². The van der Waals surface area contributed by atoms with E-state index in [1.165, 1.54) is 0 Å². The number of halogens is 1. The molecule has 2 N–H and O–H groups in total. The van der Waals surface area contributed by atoms with Gasteiger partial charge in [0.05, 0.1) is 10.9 Å². The number of aromatic amines is 2. The van der Waals surface area contributed by atoms with Crippen LogP contribution in [0.25, 0.3) is 21.7 Å². The van der Waals surface area contributed by atoms with Crippen LogP contribution in [-0.2, 0) is 0 Å². The van der Waals surface area contributed by atoms with Crippen molar-refractivity contribution in [3.8, 4) is 0 Å². The van der Waals surface area contributed by atoms with Gasteiger partial charge in [0.25, 0.3) is 5.56 Å². The Labute approximate surface area is 99.9 Å². The van der Waals surface area contributed by atoms with Crippen molar-refractivity contribution in [2.75, 3.05) is 0 Å². The van der Waals surface area contributed by atoms with Gasteiger partial charge >= 0.3 is 5.69 Å². The lowest BCUT2D eigenvalue weighted by Crippen LogP contribution is -2.21. The molecule has 0 radical (unpaired) electrons. The van der Waals surface area contributed by atoms with E-state index < -0.39 is 11.2 Å². The maximum atomic E-state index is 11.6. The highest BCUT2D eigenvalue weighted by Crippen LogP contribution is 2.25. The number of rotatable bonds is 0.